The third kappa shape index (κ3) is 2.16. The van der Waals surface area contributed by atoms with Crippen LogP contribution in [0.25, 0.3) is 16.9 Å². The lowest BCUT2D eigenvalue weighted by molar-refractivity contribution is 0.967. The molecule has 0 aliphatic heterocycles. The van der Waals surface area contributed by atoms with E-state index in [0.29, 0.717) is 27.2 Å². The van der Waals surface area contributed by atoms with Crippen LogP contribution in [0.5, 0.6) is 0 Å². The summed E-state index contributed by atoms with van der Waals surface area (Å²) in [5, 5.41) is 1.07. The number of pyridine rings is 1. The van der Waals surface area contributed by atoms with Crippen LogP contribution >= 0.6 is 34.8 Å². The average Bonchev–Trinajstić information content (AvgIpc) is 2.77. The molecule has 2 aromatic heterocycles. The van der Waals surface area contributed by atoms with E-state index in [9.17, 15) is 0 Å². The minimum Gasteiger partial charge on any atom is -0.277 e. The Bertz CT molecular complexity index is 775. The van der Waals surface area contributed by atoms with Gasteiger partial charge in [0, 0.05) is 5.69 Å². The van der Waals surface area contributed by atoms with Crippen molar-refractivity contribution in [2.45, 2.75) is 12.8 Å². The first-order valence-corrected chi connectivity index (χ1v) is 7.26. The summed E-state index contributed by atoms with van der Waals surface area (Å²) in [6.07, 6.45) is 0. The summed E-state index contributed by atoms with van der Waals surface area (Å²) in [7, 11) is 0. The first-order valence-electron chi connectivity index (χ1n) is 5.97. The van der Waals surface area contributed by atoms with Crippen LogP contribution in [0, 0.1) is 6.92 Å². The van der Waals surface area contributed by atoms with Gasteiger partial charge in [-0.05, 0) is 31.2 Å². The van der Waals surface area contributed by atoms with Crippen LogP contribution in [-0.4, -0.2) is 14.5 Å². The zero-order chi connectivity index (χ0) is 14.3. The molecule has 6 heteroatoms. The van der Waals surface area contributed by atoms with Crippen molar-refractivity contribution in [3.63, 3.8) is 0 Å². The summed E-state index contributed by atoms with van der Waals surface area (Å²) in [5.41, 5.74) is 3.02. The van der Waals surface area contributed by atoms with E-state index in [-0.39, 0.29) is 5.88 Å². The van der Waals surface area contributed by atoms with E-state index in [1.54, 1.807) is 18.2 Å². The minimum atomic E-state index is 0.247. The molecular formula is C14H10Cl3N3. The molecule has 0 aliphatic carbocycles. The van der Waals surface area contributed by atoms with Gasteiger partial charge in [-0.3, -0.25) is 4.57 Å². The maximum Gasteiger partial charge on any atom is 0.165 e. The number of aromatic nitrogens is 3. The number of nitrogens with zero attached hydrogens (tertiary/aromatic N) is 3. The van der Waals surface area contributed by atoms with Gasteiger partial charge in [-0.1, -0.05) is 29.3 Å². The van der Waals surface area contributed by atoms with Crippen LogP contribution < -0.4 is 0 Å². The number of aryl methyl sites for hydroxylation is 1. The standard InChI is InChI=1S/C14H10Cl3N3/c1-8-5-6-11-14(18-8)20(12(7-15)19-11)13-9(16)3-2-4-10(13)17/h2-6H,7H2,1H3. The van der Waals surface area contributed by atoms with Crippen LogP contribution in [0.3, 0.4) is 0 Å². The van der Waals surface area contributed by atoms with E-state index in [0.717, 1.165) is 11.2 Å². The van der Waals surface area contributed by atoms with Gasteiger partial charge in [0.1, 0.15) is 11.3 Å². The van der Waals surface area contributed by atoms with E-state index in [1.165, 1.54) is 0 Å². The van der Waals surface area contributed by atoms with Crippen LogP contribution in [0.4, 0.5) is 0 Å². The van der Waals surface area contributed by atoms with Crippen LogP contribution in [-0.2, 0) is 5.88 Å². The first-order chi connectivity index (χ1) is 9.61. The van der Waals surface area contributed by atoms with Crippen molar-refractivity contribution in [1.29, 1.82) is 0 Å². The first kappa shape index (κ1) is 13.7. The van der Waals surface area contributed by atoms with E-state index < -0.39 is 0 Å². The van der Waals surface area contributed by atoms with Crippen molar-refractivity contribution in [2.75, 3.05) is 0 Å². The lowest BCUT2D eigenvalue weighted by Gasteiger charge is -2.11. The summed E-state index contributed by atoms with van der Waals surface area (Å²) < 4.78 is 1.82. The van der Waals surface area contributed by atoms with E-state index in [4.69, 9.17) is 34.8 Å². The maximum atomic E-state index is 6.29. The summed E-state index contributed by atoms with van der Waals surface area (Å²) in [4.78, 5) is 9.01. The topological polar surface area (TPSA) is 30.7 Å². The molecule has 0 atom stereocenters. The molecule has 3 rings (SSSR count). The molecule has 0 saturated carbocycles. The lowest BCUT2D eigenvalue weighted by Crippen LogP contribution is -2.02. The smallest absolute Gasteiger partial charge is 0.165 e. The summed E-state index contributed by atoms with van der Waals surface area (Å²) in [5.74, 6) is 0.909. The number of hydrogen-bond donors (Lipinski definition) is 0. The third-order valence-corrected chi connectivity index (χ3v) is 3.84. The van der Waals surface area contributed by atoms with E-state index in [2.05, 4.69) is 9.97 Å². The molecule has 2 heterocycles. The second-order valence-electron chi connectivity index (χ2n) is 4.36. The molecule has 0 spiro atoms. The maximum absolute atomic E-state index is 6.29. The highest BCUT2D eigenvalue weighted by molar-refractivity contribution is 6.37. The average molecular weight is 327 g/mol. The highest BCUT2D eigenvalue weighted by atomic mass is 35.5. The van der Waals surface area contributed by atoms with Gasteiger partial charge in [0.05, 0.1) is 21.6 Å². The van der Waals surface area contributed by atoms with Crippen molar-refractivity contribution < 1.29 is 0 Å². The van der Waals surface area contributed by atoms with Gasteiger partial charge in [-0.25, -0.2) is 9.97 Å². The minimum absolute atomic E-state index is 0.247. The number of alkyl halides is 1. The highest BCUT2D eigenvalue weighted by Gasteiger charge is 2.17. The van der Waals surface area contributed by atoms with Gasteiger partial charge in [0.15, 0.2) is 5.65 Å². The number of hydrogen-bond acceptors (Lipinski definition) is 2. The molecule has 0 unspecified atom stereocenters. The molecule has 20 heavy (non-hydrogen) atoms. The Morgan fingerprint density at radius 3 is 2.40 bits per heavy atom. The fraction of sp³-hybridized carbons (Fsp3) is 0.143. The van der Waals surface area contributed by atoms with Crippen molar-refractivity contribution in [3.8, 4) is 5.69 Å². The third-order valence-electron chi connectivity index (χ3n) is 2.99. The Labute approximate surface area is 131 Å². The SMILES string of the molecule is Cc1ccc2nc(CCl)n(-c3c(Cl)cccc3Cl)c2n1. The van der Waals surface area contributed by atoms with Crippen molar-refractivity contribution in [3.05, 3.63) is 51.9 Å². The van der Waals surface area contributed by atoms with Gasteiger partial charge >= 0.3 is 0 Å². The van der Waals surface area contributed by atoms with Crippen molar-refractivity contribution in [1.82, 2.24) is 14.5 Å². The number of benzene rings is 1. The summed E-state index contributed by atoms with van der Waals surface area (Å²) >= 11 is 18.6. The van der Waals surface area contributed by atoms with Crippen molar-refractivity contribution >= 4 is 46.0 Å². The number of imidazole rings is 1. The van der Waals surface area contributed by atoms with Crippen LogP contribution in [0.2, 0.25) is 10.0 Å². The van der Waals surface area contributed by atoms with Gasteiger partial charge in [-0.2, -0.15) is 0 Å². The Morgan fingerprint density at radius 1 is 1.05 bits per heavy atom. The summed E-state index contributed by atoms with van der Waals surface area (Å²) in [6, 6.07) is 9.18. The van der Waals surface area contributed by atoms with Crippen LogP contribution in [0.15, 0.2) is 30.3 Å². The summed E-state index contributed by atoms with van der Waals surface area (Å²) in [6.45, 7) is 1.92. The number of rotatable bonds is 2. The van der Waals surface area contributed by atoms with Gasteiger partial charge in [-0.15, -0.1) is 11.6 Å². The van der Waals surface area contributed by atoms with E-state index >= 15 is 0 Å². The van der Waals surface area contributed by atoms with Gasteiger partial charge < -0.3 is 0 Å². The molecule has 0 amide bonds. The zero-order valence-corrected chi connectivity index (χ0v) is 12.8. The van der Waals surface area contributed by atoms with Gasteiger partial charge in [0.2, 0.25) is 0 Å². The fourth-order valence-electron chi connectivity index (χ4n) is 2.13. The molecule has 0 fully saturated rings. The Kier molecular flexibility index (Phi) is 3.59. The molecule has 0 N–H and O–H groups in total. The number of fused-ring (bicyclic) bond motifs is 1. The molecule has 0 aliphatic rings. The van der Waals surface area contributed by atoms with Crippen molar-refractivity contribution in [2.24, 2.45) is 0 Å². The van der Waals surface area contributed by atoms with Gasteiger partial charge in [0.25, 0.3) is 0 Å². The lowest BCUT2D eigenvalue weighted by atomic mass is 10.3. The normalized spacial score (nSPS) is 11.2. The predicted octanol–water partition coefficient (Wildman–Crippen LogP) is 4.77. The zero-order valence-electron chi connectivity index (χ0n) is 10.6. The second kappa shape index (κ2) is 5.24. The molecule has 3 aromatic rings. The Morgan fingerprint density at radius 2 is 1.75 bits per heavy atom. The highest BCUT2D eigenvalue weighted by Crippen LogP contribution is 2.32. The fourth-order valence-corrected chi connectivity index (χ4v) is 2.87. The second-order valence-corrected chi connectivity index (χ2v) is 5.44. The molecule has 102 valence electrons. The largest absolute Gasteiger partial charge is 0.277 e. The Hall–Kier alpha value is -1.29. The molecular weight excluding hydrogens is 317 g/mol. The monoisotopic (exact) mass is 325 g/mol. The Balaban J connectivity index is 2.42. The van der Waals surface area contributed by atoms with Crippen LogP contribution in [0.1, 0.15) is 11.5 Å². The molecule has 1 aromatic carbocycles. The van der Waals surface area contributed by atoms with E-state index in [1.807, 2.05) is 23.6 Å². The molecule has 0 radical (unpaired) electrons. The quantitative estimate of drug-likeness (QED) is 0.635. The number of halogens is 3. The molecule has 3 nitrogen and oxygen atoms in total. The predicted molar refractivity (Wildman–Crippen MR) is 83.2 cm³/mol. The number of para-hydroxylation sites is 1. The molecule has 0 bridgehead atoms. The molecule has 0 saturated heterocycles.